The molecule has 0 heterocycles. The van der Waals surface area contributed by atoms with Crippen molar-refractivity contribution in [1.82, 2.24) is 0 Å². The maximum absolute atomic E-state index is 10.8. The van der Waals surface area contributed by atoms with Crippen molar-refractivity contribution in [2.24, 2.45) is 5.73 Å². The van der Waals surface area contributed by atoms with Gasteiger partial charge in [0.1, 0.15) is 5.76 Å². The molecule has 0 aromatic carbocycles. The second-order valence-corrected chi connectivity index (χ2v) is 2.47. The van der Waals surface area contributed by atoms with Crippen molar-refractivity contribution in [1.29, 1.82) is 0 Å². The Hall–Kier alpha value is -1.42. The van der Waals surface area contributed by atoms with Gasteiger partial charge in [0.2, 0.25) is 11.6 Å². The predicted octanol–water partition coefficient (Wildman–Crippen LogP) is -0.145. The van der Waals surface area contributed by atoms with Crippen LogP contribution in [0.25, 0.3) is 0 Å². The lowest BCUT2D eigenvalue weighted by atomic mass is 10.0. The van der Waals surface area contributed by atoms with Crippen LogP contribution in [0.4, 0.5) is 0 Å². The minimum atomic E-state index is -0.687. The molecular weight excluding hydrogens is 158 g/mol. The molecule has 0 aromatic heterocycles. The van der Waals surface area contributed by atoms with Gasteiger partial charge in [-0.2, -0.15) is 0 Å². The zero-order valence-corrected chi connectivity index (χ0v) is 6.41. The second kappa shape index (κ2) is 3.32. The van der Waals surface area contributed by atoms with Gasteiger partial charge in [-0.25, -0.2) is 0 Å². The Morgan fingerprint density at radius 1 is 1.25 bits per heavy atom. The number of nitrogens with two attached hydrogens (primary N) is 1. The summed E-state index contributed by atoms with van der Waals surface area (Å²) >= 11 is 0. The summed E-state index contributed by atoms with van der Waals surface area (Å²) < 4.78 is 0. The van der Waals surface area contributed by atoms with Gasteiger partial charge < -0.3 is 10.8 Å². The molecule has 0 atom stereocenters. The highest BCUT2D eigenvalue weighted by atomic mass is 16.3. The van der Waals surface area contributed by atoms with E-state index in [1.165, 1.54) is 0 Å². The monoisotopic (exact) mass is 167 g/mol. The molecule has 0 fully saturated rings. The molecule has 0 amide bonds. The van der Waals surface area contributed by atoms with E-state index in [4.69, 9.17) is 10.8 Å². The van der Waals surface area contributed by atoms with Gasteiger partial charge >= 0.3 is 0 Å². The molecule has 4 nitrogen and oxygen atoms in total. The Kier molecular flexibility index (Phi) is 2.40. The first-order valence-electron chi connectivity index (χ1n) is 3.55. The van der Waals surface area contributed by atoms with Crippen LogP contribution in [0.2, 0.25) is 0 Å². The van der Waals surface area contributed by atoms with E-state index in [9.17, 15) is 9.59 Å². The molecule has 0 spiro atoms. The van der Waals surface area contributed by atoms with Crippen molar-refractivity contribution in [3.8, 4) is 0 Å². The standard InChI is InChI=1S/C8H9NO3/c9-2-1-5-3-7(11)8(12)4-6(5)10/h3-4,10H,1-2,9H2. The highest BCUT2D eigenvalue weighted by Gasteiger charge is 2.18. The van der Waals surface area contributed by atoms with Crippen molar-refractivity contribution >= 4 is 11.6 Å². The van der Waals surface area contributed by atoms with Crippen molar-refractivity contribution in [3.05, 3.63) is 23.5 Å². The molecule has 0 saturated heterocycles. The molecule has 0 aliphatic heterocycles. The van der Waals surface area contributed by atoms with Crippen LogP contribution in [-0.2, 0) is 9.59 Å². The van der Waals surface area contributed by atoms with E-state index >= 15 is 0 Å². The van der Waals surface area contributed by atoms with E-state index in [0.717, 1.165) is 12.2 Å². The van der Waals surface area contributed by atoms with E-state index in [-0.39, 0.29) is 5.76 Å². The number of ketones is 2. The Bertz CT molecular complexity index is 289. The van der Waals surface area contributed by atoms with Crippen LogP contribution in [-0.4, -0.2) is 23.2 Å². The maximum atomic E-state index is 10.8. The zero-order valence-electron chi connectivity index (χ0n) is 6.41. The number of hydrogen-bond donors (Lipinski definition) is 2. The molecule has 0 bridgehead atoms. The predicted molar refractivity (Wildman–Crippen MR) is 42.5 cm³/mol. The summed E-state index contributed by atoms with van der Waals surface area (Å²) in [4.78, 5) is 21.5. The average Bonchev–Trinajstić information content (AvgIpc) is 2.01. The van der Waals surface area contributed by atoms with Gasteiger partial charge in [0.05, 0.1) is 0 Å². The van der Waals surface area contributed by atoms with Gasteiger partial charge in [-0.05, 0) is 24.6 Å². The topological polar surface area (TPSA) is 80.4 Å². The smallest absolute Gasteiger partial charge is 0.229 e. The van der Waals surface area contributed by atoms with E-state index in [2.05, 4.69) is 0 Å². The molecule has 0 aromatic rings. The number of hydrogen-bond acceptors (Lipinski definition) is 4. The molecule has 0 radical (unpaired) electrons. The maximum Gasteiger partial charge on any atom is 0.229 e. The second-order valence-electron chi connectivity index (χ2n) is 2.47. The fraction of sp³-hybridized carbons (Fsp3) is 0.250. The van der Waals surface area contributed by atoms with Crippen LogP contribution in [0.5, 0.6) is 0 Å². The summed E-state index contributed by atoms with van der Waals surface area (Å²) in [7, 11) is 0. The van der Waals surface area contributed by atoms with Gasteiger partial charge in [0, 0.05) is 6.08 Å². The zero-order chi connectivity index (χ0) is 9.14. The fourth-order valence-corrected chi connectivity index (χ4v) is 0.947. The highest BCUT2D eigenvalue weighted by Crippen LogP contribution is 2.14. The third-order valence-corrected chi connectivity index (χ3v) is 1.56. The summed E-state index contributed by atoms with van der Waals surface area (Å²) in [5.41, 5.74) is 5.66. The first-order chi connectivity index (χ1) is 5.65. The lowest BCUT2D eigenvalue weighted by molar-refractivity contribution is -0.131. The third kappa shape index (κ3) is 1.60. The van der Waals surface area contributed by atoms with Crippen LogP contribution in [0.3, 0.4) is 0 Å². The lowest BCUT2D eigenvalue weighted by Crippen LogP contribution is -2.16. The van der Waals surface area contributed by atoms with E-state index < -0.39 is 11.6 Å². The third-order valence-electron chi connectivity index (χ3n) is 1.56. The van der Waals surface area contributed by atoms with Crippen LogP contribution < -0.4 is 5.73 Å². The van der Waals surface area contributed by atoms with Crippen LogP contribution >= 0.6 is 0 Å². The van der Waals surface area contributed by atoms with Crippen molar-refractivity contribution in [2.75, 3.05) is 6.54 Å². The molecule has 1 aliphatic rings. The molecule has 3 N–H and O–H groups in total. The molecule has 1 aliphatic carbocycles. The lowest BCUT2D eigenvalue weighted by Gasteiger charge is -2.07. The Morgan fingerprint density at radius 3 is 2.42 bits per heavy atom. The van der Waals surface area contributed by atoms with Gasteiger partial charge in [-0.15, -0.1) is 0 Å². The van der Waals surface area contributed by atoms with Gasteiger partial charge in [-0.1, -0.05) is 0 Å². The number of carbonyl (C=O) groups is 2. The molecule has 1 rings (SSSR count). The molecule has 0 saturated carbocycles. The molecule has 12 heavy (non-hydrogen) atoms. The minimum Gasteiger partial charge on any atom is -0.508 e. The normalized spacial score (nSPS) is 17.4. The van der Waals surface area contributed by atoms with Gasteiger partial charge in [0.15, 0.2) is 0 Å². The molecule has 64 valence electrons. The largest absolute Gasteiger partial charge is 0.508 e. The highest BCUT2D eigenvalue weighted by molar-refractivity contribution is 6.46. The van der Waals surface area contributed by atoms with Crippen molar-refractivity contribution < 1.29 is 14.7 Å². The quantitative estimate of drug-likeness (QED) is 0.443. The summed E-state index contributed by atoms with van der Waals surface area (Å²) in [6.07, 6.45) is 2.46. The summed E-state index contributed by atoms with van der Waals surface area (Å²) in [5.74, 6) is -1.44. The number of aliphatic hydroxyl groups is 1. The Balaban J connectivity index is 2.88. The van der Waals surface area contributed by atoms with Gasteiger partial charge in [0.25, 0.3) is 0 Å². The van der Waals surface area contributed by atoms with Crippen molar-refractivity contribution in [3.63, 3.8) is 0 Å². The molecule has 4 heteroatoms. The van der Waals surface area contributed by atoms with Crippen molar-refractivity contribution in [2.45, 2.75) is 6.42 Å². The molecular formula is C8H9NO3. The van der Waals surface area contributed by atoms with Crippen LogP contribution in [0.1, 0.15) is 6.42 Å². The number of carbonyl (C=O) groups excluding carboxylic acids is 2. The summed E-state index contributed by atoms with van der Waals surface area (Å²) in [6.45, 7) is 0.338. The van der Waals surface area contributed by atoms with E-state index in [1.54, 1.807) is 0 Å². The minimum absolute atomic E-state index is 0.148. The first-order valence-corrected chi connectivity index (χ1v) is 3.55. The first kappa shape index (κ1) is 8.67. The fourth-order valence-electron chi connectivity index (χ4n) is 0.947. The number of allylic oxidation sites excluding steroid dienone is 3. The SMILES string of the molecule is NCCC1=CC(=O)C(=O)C=C1O. The number of rotatable bonds is 2. The Morgan fingerprint density at radius 2 is 1.83 bits per heavy atom. The average molecular weight is 167 g/mol. The van der Waals surface area contributed by atoms with E-state index in [0.29, 0.717) is 18.5 Å². The van der Waals surface area contributed by atoms with Crippen LogP contribution in [0, 0.1) is 0 Å². The van der Waals surface area contributed by atoms with E-state index in [1.807, 2.05) is 0 Å². The summed E-state index contributed by atoms with van der Waals surface area (Å²) in [5, 5.41) is 9.15. The summed E-state index contributed by atoms with van der Waals surface area (Å²) in [6, 6.07) is 0. The Labute approximate surface area is 69.4 Å². The number of aliphatic hydroxyl groups excluding tert-OH is 1. The van der Waals surface area contributed by atoms with Crippen LogP contribution in [0.15, 0.2) is 23.5 Å². The van der Waals surface area contributed by atoms with Gasteiger partial charge in [-0.3, -0.25) is 9.59 Å². The molecule has 0 unspecified atom stereocenters.